The number of β-lactam (4-membered cyclic amide) rings is 1. The number of nitrogens with two attached hydrogens (primary N) is 1. The SMILES string of the molecule is COCc1cc(C(N)C(=O)NC2C(=O)N3C(C(=O)O)=C(CSc4cn[nH]n4)CSC23)ccc1O. The van der Waals surface area contributed by atoms with E-state index in [1.54, 1.807) is 6.07 Å². The molecule has 2 aliphatic heterocycles. The smallest absolute Gasteiger partial charge is 0.352 e. The van der Waals surface area contributed by atoms with Crippen LogP contribution in [0.25, 0.3) is 0 Å². The van der Waals surface area contributed by atoms with E-state index in [4.69, 9.17) is 10.5 Å². The number of aliphatic carboxylic acids is 1. The number of H-pyrrole nitrogens is 1. The van der Waals surface area contributed by atoms with Crippen LogP contribution in [0, 0.1) is 0 Å². The lowest BCUT2D eigenvalue weighted by Gasteiger charge is -2.49. The molecule has 0 aliphatic carbocycles. The van der Waals surface area contributed by atoms with Crippen LogP contribution in [0.15, 0.2) is 40.7 Å². The van der Waals surface area contributed by atoms with Crippen molar-refractivity contribution in [3.63, 3.8) is 0 Å². The Morgan fingerprint density at radius 2 is 2.26 bits per heavy atom. The number of amides is 2. The molecule has 180 valence electrons. The number of phenols is 1. The predicted octanol–water partition coefficient (Wildman–Crippen LogP) is 0.187. The third-order valence-electron chi connectivity index (χ3n) is 5.38. The van der Waals surface area contributed by atoms with Crippen LogP contribution in [0.2, 0.25) is 0 Å². The monoisotopic (exact) mass is 506 g/mol. The Kier molecular flexibility index (Phi) is 7.11. The first-order valence-electron chi connectivity index (χ1n) is 10.1. The molecule has 3 heterocycles. The molecule has 14 heteroatoms. The van der Waals surface area contributed by atoms with Crippen LogP contribution in [-0.2, 0) is 25.7 Å². The van der Waals surface area contributed by atoms with Gasteiger partial charge in [0.1, 0.15) is 33.9 Å². The minimum atomic E-state index is -1.20. The zero-order valence-electron chi connectivity index (χ0n) is 17.9. The van der Waals surface area contributed by atoms with Crippen molar-refractivity contribution in [1.29, 1.82) is 0 Å². The number of fused-ring (bicyclic) bond motifs is 1. The van der Waals surface area contributed by atoms with Gasteiger partial charge in [-0.15, -0.1) is 16.9 Å². The summed E-state index contributed by atoms with van der Waals surface area (Å²) in [6.45, 7) is 0.143. The molecule has 0 radical (unpaired) electrons. The van der Waals surface area contributed by atoms with E-state index >= 15 is 0 Å². The highest BCUT2D eigenvalue weighted by Gasteiger charge is 2.54. The van der Waals surface area contributed by atoms with Crippen LogP contribution >= 0.6 is 23.5 Å². The lowest BCUT2D eigenvalue weighted by Crippen LogP contribution is -2.71. The number of rotatable bonds is 9. The Bertz CT molecular complexity index is 1140. The molecule has 6 N–H and O–H groups in total. The van der Waals surface area contributed by atoms with Gasteiger partial charge in [-0.3, -0.25) is 14.5 Å². The first kappa shape index (κ1) is 24.1. The standard InChI is InChI=1S/C20H22N6O6S2/c1-32-6-10-4-9(2-3-12(10)27)14(21)17(28)23-15-18(29)26-16(20(30)31)11(8-34-19(15)26)7-33-13-5-22-25-24-13/h2-5,14-15,19,27H,6-8,21H2,1H3,(H,23,28)(H,30,31)(H,22,24,25). The number of phenolic OH excluding ortho intramolecular Hbond substituents is 1. The number of carboxylic acids is 1. The molecule has 12 nitrogen and oxygen atoms in total. The number of aromatic nitrogens is 3. The number of nitrogens with one attached hydrogen (secondary N) is 2. The van der Waals surface area contributed by atoms with Crippen molar-refractivity contribution >= 4 is 41.3 Å². The van der Waals surface area contributed by atoms with Crippen molar-refractivity contribution in [2.75, 3.05) is 18.6 Å². The Balaban J connectivity index is 1.45. The minimum Gasteiger partial charge on any atom is -0.508 e. The third kappa shape index (κ3) is 4.61. The summed E-state index contributed by atoms with van der Waals surface area (Å²) in [6.07, 6.45) is 1.53. The Labute approximate surface area is 202 Å². The topological polar surface area (TPSA) is 184 Å². The van der Waals surface area contributed by atoms with Gasteiger partial charge in [-0.25, -0.2) is 4.79 Å². The Morgan fingerprint density at radius 3 is 2.94 bits per heavy atom. The molecule has 34 heavy (non-hydrogen) atoms. The van der Waals surface area contributed by atoms with Crippen molar-refractivity contribution in [3.05, 3.63) is 46.8 Å². The van der Waals surface area contributed by atoms with Gasteiger partial charge in [0.15, 0.2) is 0 Å². The van der Waals surface area contributed by atoms with Crippen LogP contribution < -0.4 is 11.1 Å². The van der Waals surface area contributed by atoms with Crippen molar-refractivity contribution in [3.8, 4) is 5.75 Å². The molecule has 0 saturated carbocycles. The summed E-state index contributed by atoms with van der Waals surface area (Å²) < 4.78 is 5.03. The summed E-state index contributed by atoms with van der Waals surface area (Å²) in [5, 5.41) is 32.5. The van der Waals surface area contributed by atoms with Gasteiger partial charge in [0.05, 0.1) is 12.8 Å². The molecular formula is C20H22N6O6S2. The number of benzene rings is 1. The molecule has 1 aromatic carbocycles. The van der Waals surface area contributed by atoms with Gasteiger partial charge in [-0.2, -0.15) is 10.3 Å². The van der Waals surface area contributed by atoms with E-state index in [9.17, 15) is 24.6 Å². The zero-order valence-corrected chi connectivity index (χ0v) is 19.6. The van der Waals surface area contributed by atoms with Crippen molar-refractivity contribution < 1.29 is 29.3 Å². The fourth-order valence-corrected chi connectivity index (χ4v) is 5.95. The summed E-state index contributed by atoms with van der Waals surface area (Å²) in [4.78, 5) is 38.8. The second kappa shape index (κ2) is 10.0. The largest absolute Gasteiger partial charge is 0.508 e. The second-order valence-electron chi connectivity index (χ2n) is 7.55. The fraction of sp³-hybridized carbons (Fsp3) is 0.350. The fourth-order valence-electron chi connectivity index (χ4n) is 3.68. The second-order valence-corrected chi connectivity index (χ2v) is 9.65. The van der Waals surface area contributed by atoms with E-state index in [1.165, 1.54) is 53.9 Å². The molecule has 1 aromatic heterocycles. The molecule has 2 amide bonds. The number of carbonyl (C=O) groups excluding carboxylic acids is 2. The van der Waals surface area contributed by atoms with Crippen molar-refractivity contribution in [1.82, 2.24) is 25.6 Å². The van der Waals surface area contributed by atoms with Gasteiger partial charge in [0, 0.05) is 24.2 Å². The summed E-state index contributed by atoms with van der Waals surface area (Å²) in [6, 6.07) is 2.53. The van der Waals surface area contributed by atoms with Crippen LogP contribution in [0.1, 0.15) is 17.2 Å². The number of carboxylic acid groups (broad SMARTS) is 1. The van der Waals surface area contributed by atoms with Gasteiger partial charge in [0.2, 0.25) is 5.91 Å². The third-order valence-corrected chi connectivity index (χ3v) is 7.70. The molecule has 3 unspecified atom stereocenters. The molecule has 3 atom stereocenters. The first-order chi connectivity index (χ1) is 16.3. The van der Waals surface area contributed by atoms with Gasteiger partial charge >= 0.3 is 5.97 Å². The molecule has 4 rings (SSSR count). The predicted molar refractivity (Wildman–Crippen MR) is 123 cm³/mol. The quantitative estimate of drug-likeness (QED) is 0.231. The molecular weight excluding hydrogens is 484 g/mol. The van der Waals surface area contributed by atoms with E-state index in [0.29, 0.717) is 33.2 Å². The van der Waals surface area contributed by atoms with Gasteiger partial charge in [-0.05, 0) is 23.3 Å². The maximum atomic E-state index is 12.8. The van der Waals surface area contributed by atoms with Crippen LogP contribution in [0.4, 0.5) is 0 Å². The molecule has 2 aliphatic rings. The van der Waals surface area contributed by atoms with E-state index in [1.807, 2.05) is 0 Å². The molecule has 0 spiro atoms. The number of hydrogen-bond acceptors (Lipinski definition) is 10. The van der Waals surface area contributed by atoms with E-state index in [2.05, 4.69) is 20.7 Å². The lowest BCUT2D eigenvalue weighted by molar-refractivity contribution is -0.150. The number of methoxy groups -OCH3 is 1. The Hall–Kier alpha value is -3.07. The number of aromatic amines is 1. The van der Waals surface area contributed by atoms with Crippen LogP contribution in [0.3, 0.4) is 0 Å². The highest BCUT2D eigenvalue weighted by Crippen LogP contribution is 2.41. The first-order valence-corrected chi connectivity index (χ1v) is 12.1. The number of ether oxygens (including phenoxy) is 1. The van der Waals surface area contributed by atoms with Crippen molar-refractivity contribution in [2.24, 2.45) is 5.73 Å². The summed E-state index contributed by atoms with van der Waals surface area (Å²) in [7, 11) is 1.48. The highest BCUT2D eigenvalue weighted by molar-refractivity contribution is 8.01. The number of nitrogens with zero attached hydrogens (tertiary/aromatic N) is 3. The number of hydrogen-bond donors (Lipinski definition) is 5. The highest BCUT2D eigenvalue weighted by atomic mass is 32.2. The number of carbonyl (C=O) groups is 3. The average Bonchev–Trinajstić information content (AvgIpc) is 3.35. The van der Waals surface area contributed by atoms with Crippen LogP contribution in [0.5, 0.6) is 5.75 Å². The number of aromatic hydroxyl groups is 1. The average molecular weight is 507 g/mol. The summed E-state index contributed by atoms with van der Waals surface area (Å²) >= 11 is 2.68. The molecule has 1 saturated heterocycles. The maximum Gasteiger partial charge on any atom is 0.352 e. The van der Waals surface area contributed by atoms with Gasteiger partial charge < -0.3 is 26.0 Å². The van der Waals surface area contributed by atoms with Crippen LogP contribution in [-0.4, -0.2) is 78.3 Å². The normalized spacial score (nSPS) is 20.5. The maximum absolute atomic E-state index is 12.8. The summed E-state index contributed by atoms with van der Waals surface area (Å²) in [5.41, 5.74) is 7.53. The summed E-state index contributed by atoms with van der Waals surface area (Å²) in [5.74, 6) is -1.55. The number of thioether (sulfide) groups is 2. The van der Waals surface area contributed by atoms with Gasteiger partial charge in [-0.1, -0.05) is 17.8 Å². The van der Waals surface area contributed by atoms with Gasteiger partial charge in [0.25, 0.3) is 5.91 Å². The van der Waals surface area contributed by atoms with Crippen molar-refractivity contribution in [2.45, 2.75) is 29.1 Å². The zero-order chi connectivity index (χ0) is 24.4. The minimum absolute atomic E-state index is 0.0205. The van der Waals surface area contributed by atoms with E-state index in [0.717, 1.165) is 0 Å². The van der Waals surface area contributed by atoms with E-state index < -0.39 is 35.2 Å². The lowest BCUT2D eigenvalue weighted by atomic mass is 10.0. The Morgan fingerprint density at radius 1 is 1.47 bits per heavy atom. The molecule has 2 aromatic rings. The molecule has 0 bridgehead atoms. The molecule has 1 fully saturated rings. The van der Waals surface area contributed by atoms with E-state index in [-0.39, 0.29) is 18.1 Å².